The first kappa shape index (κ1) is 16.5. The Kier molecular flexibility index (Phi) is 4.97. The van der Waals surface area contributed by atoms with Gasteiger partial charge in [-0.1, -0.05) is 12.8 Å². The molecule has 1 aromatic carbocycles. The zero-order chi connectivity index (χ0) is 16.9. The summed E-state index contributed by atoms with van der Waals surface area (Å²) in [6, 6.07) is 9.13. The van der Waals surface area contributed by atoms with Gasteiger partial charge in [0.05, 0.1) is 11.1 Å². The average Bonchev–Trinajstić information content (AvgIpc) is 2.57. The number of pyridine rings is 1. The lowest BCUT2D eigenvalue weighted by atomic mass is 9.99. The maximum Gasteiger partial charge on any atom is 0.256 e. The molecule has 0 unspecified atom stereocenters. The molecule has 23 heavy (non-hydrogen) atoms. The molecule has 0 radical (unpaired) electrons. The fourth-order valence-corrected chi connectivity index (χ4v) is 1.90. The molecule has 2 aromatic rings. The van der Waals surface area contributed by atoms with Crippen LogP contribution in [0.2, 0.25) is 0 Å². The third kappa shape index (κ3) is 4.07. The minimum Gasteiger partial charge on any atom is -0.340 e. The van der Waals surface area contributed by atoms with Gasteiger partial charge in [-0.2, -0.15) is 0 Å². The fraction of sp³-hybridized carbons (Fsp3) is 0.222. The molecule has 0 fully saturated rings. The molecule has 2 rings (SSSR count). The number of hydrogen-bond donors (Lipinski definition) is 2. The van der Waals surface area contributed by atoms with E-state index in [4.69, 9.17) is 6.42 Å². The van der Waals surface area contributed by atoms with Crippen molar-refractivity contribution < 1.29 is 9.18 Å². The van der Waals surface area contributed by atoms with Crippen LogP contribution in [0.25, 0.3) is 0 Å². The number of amides is 1. The maximum atomic E-state index is 13.0. The molecule has 5 heteroatoms. The van der Waals surface area contributed by atoms with E-state index in [1.165, 1.54) is 12.1 Å². The van der Waals surface area contributed by atoms with Crippen LogP contribution < -0.4 is 10.6 Å². The Morgan fingerprint density at radius 2 is 2.04 bits per heavy atom. The van der Waals surface area contributed by atoms with Crippen molar-refractivity contribution in [3.63, 3.8) is 0 Å². The van der Waals surface area contributed by atoms with E-state index in [0.717, 1.165) is 0 Å². The van der Waals surface area contributed by atoms with Gasteiger partial charge in [-0.15, -0.1) is 6.42 Å². The first-order valence-corrected chi connectivity index (χ1v) is 7.25. The van der Waals surface area contributed by atoms with Crippen LogP contribution in [0.5, 0.6) is 0 Å². The molecule has 4 nitrogen and oxygen atoms in total. The molecular formula is C18H18FN3O. The summed E-state index contributed by atoms with van der Waals surface area (Å²) in [5, 5.41) is 5.84. The highest BCUT2D eigenvalue weighted by Gasteiger charge is 2.23. The number of benzene rings is 1. The van der Waals surface area contributed by atoms with Crippen molar-refractivity contribution >= 4 is 17.4 Å². The molecule has 0 aliphatic rings. The Morgan fingerprint density at radius 1 is 1.35 bits per heavy atom. The van der Waals surface area contributed by atoms with Crippen LogP contribution >= 0.6 is 0 Å². The number of carbonyl (C=O) groups excluding carboxylic acids is 1. The molecule has 0 saturated heterocycles. The van der Waals surface area contributed by atoms with Gasteiger partial charge in [0, 0.05) is 11.9 Å². The summed E-state index contributed by atoms with van der Waals surface area (Å²) in [4.78, 5) is 16.7. The van der Waals surface area contributed by atoms with Gasteiger partial charge < -0.3 is 10.6 Å². The Bertz CT molecular complexity index is 737. The largest absolute Gasteiger partial charge is 0.340 e. The number of nitrogens with one attached hydrogen (secondary N) is 2. The third-order valence-electron chi connectivity index (χ3n) is 3.57. The van der Waals surface area contributed by atoms with Crippen molar-refractivity contribution in [1.82, 2.24) is 10.3 Å². The molecule has 1 atom stereocenters. The van der Waals surface area contributed by atoms with E-state index >= 15 is 0 Å². The molecule has 1 amide bonds. The Morgan fingerprint density at radius 3 is 2.65 bits per heavy atom. The van der Waals surface area contributed by atoms with E-state index in [2.05, 4.69) is 21.5 Å². The van der Waals surface area contributed by atoms with Gasteiger partial charge in [0.25, 0.3) is 5.91 Å². The summed E-state index contributed by atoms with van der Waals surface area (Å²) in [5.41, 5.74) is 0.279. The summed E-state index contributed by atoms with van der Waals surface area (Å²) < 4.78 is 13.0. The predicted octanol–water partition coefficient (Wildman–Crippen LogP) is 3.50. The van der Waals surface area contributed by atoms with Crippen molar-refractivity contribution in [3.05, 3.63) is 54.0 Å². The number of aromatic nitrogens is 1. The van der Waals surface area contributed by atoms with Crippen molar-refractivity contribution in [2.24, 2.45) is 0 Å². The zero-order valence-electron chi connectivity index (χ0n) is 13.1. The van der Waals surface area contributed by atoms with Crippen molar-refractivity contribution in [2.45, 2.75) is 25.8 Å². The minimum atomic E-state index is -0.722. The van der Waals surface area contributed by atoms with E-state index in [0.29, 0.717) is 23.5 Å². The maximum absolute atomic E-state index is 13.0. The van der Waals surface area contributed by atoms with Crippen molar-refractivity contribution in [1.29, 1.82) is 0 Å². The summed E-state index contributed by atoms with van der Waals surface area (Å²) in [6.45, 7) is 3.69. The number of hydrogen-bond acceptors (Lipinski definition) is 3. The van der Waals surface area contributed by atoms with Crippen LogP contribution in [0.1, 0.15) is 30.6 Å². The number of nitrogens with zero attached hydrogens (tertiary/aromatic N) is 1. The van der Waals surface area contributed by atoms with Crippen LogP contribution in [0.4, 0.5) is 15.9 Å². The van der Waals surface area contributed by atoms with Gasteiger partial charge in [0.1, 0.15) is 11.6 Å². The van der Waals surface area contributed by atoms with Crippen molar-refractivity contribution in [3.8, 4) is 12.3 Å². The molecule has 0 saturated carbocycles. The van der Waals surface area contributed by atoms with E-state index in [-0.39, 0.29) is 11.7 Å². The van der Waals surface area contributed by atoms with Gasteiger partial charge in [0.2, 0.25) is 0 Å². The van der Waals surface area contributed by atoms with Crippen LogP contribution in [0, 0.1) is 18.2 Å². The van der Waals surface area contributed by atoms with Crippen LogP contribution in [0.3, 0.4) is 0 Å². The van der Waals surface area contributed by atoms with E-state index in [9.17, 15) is 9.18 Å². The lowest BCUT2D eigenvalue weighted by Gasteiger charge is -2.24. The molecule has 118 valence electrons. The number of halogens is 1. The Labute approximate surface area is 135 Å². The molecule has 0 aliphatic carbocycles. The molecule has 0 bridgehead atoms. The number of anilines is 2. The highest BCUT2D eigenvalue weighted by atomic mass is 19.1. The SMILES string of the molecule is C#C[C@@](C)(CC)NC(=O)c1cccnc1Nc1ccc(F)cc1. The summed E-state index contributed by atoms with van der Waals surface area (Å²) >= 11 is 0. The molecule has 0 spiro atoms. The standard InChI is InChI=1S/C18H18FN3O/c1-4-18(3,5-2)22-17(23)15-7-6-12-20-16(15)21-14-10-8-13(19)9-11-14/h1,6-12H,5H2,2-3H3,(H,20,21)(H,22,23)/t18-/m0/s1. The normalized spacial score (nSPS) is 12.8. The van der Waals surface area contributed by atoms with Crippen molar-refractivity contribution in [2.75, 3.05) is 5.32 Å². The van der Waals surface area contributed by atoms with Crippen LogP contribution in [-0.4, -0.2) is 16.4 Å². The Balaban J connectivity index is 2.25. The second-order valence-corrected chi connectivity index (χ2v) is 5.32. The fourth-order valence-electron chi connectivity index (χ4n) is 1.90. The van der Waals surface area contributed by atoms with Crippen LogP contribution in [0.15, 0.2) is 42.6 Å². The number of rotatable bonds is 5. The van der Waals surface area contributed by atoms with E-state index in [1.807, 2.05) is 6.92 Å². The third-order valence-corrected chi connectivity index (χ3v) is 3.57. The lowest BCUT2D eigenvalue weighted by Crippen LogP contribution is -2.44. The summed E-state index contributed by atoms with van der Waals surface area (Å²) in [7, 11) is 0. The highest BCUT2D eigenvalue weighted by molar-refractivity contribution is 5.99. The second-order valence-electron chi connectivity index (χ2n) is 5.32. The predicted molar refractivity (Wildman–Crippen MR) is 88.9 cm³/mol. The van der Waals surface area contributed by atoms with Gasteiger partial charge >= 0.3 is 0 Å². The second kappa shape index (κ2) is 6.93. The monoisotopic (exact) mass is 311 g/mol. The first-order valence-electron chi connectivity index (χ1n) is 7.25. The van der Waals surface area contributed by atoms with Gasteiger partial charge in [0.15, 0.2) is 0 Å². The first-order chi connectivity index (χ1) is 11.0. The van der Waals surface area contributed by atoms with Gasteiger partial charge in [-0.3, -0.25) is 4.79 Å². The molecule has 2 N–H and O–H groups in total. The quantitative estimate of drug-likeness (QED) is 0.831. The Hall–Kier alpha value is -2.87. The average molecular weight is 311 g/mol. The number of terminal acetylenes is 1. The molecule has 1 heterocycles. The minimum absolute atomic E-state index is 0.315. The zero-order valence-corrected chi connectivity index (χ0v) is 13.1. The van der Waals surface area contributed by atoms with Gasteiger partial charge in [-0.05, 0) is 49.7 Å². The summed E-state index contributed by atoms with van der Waals surface area (Å²) in [6.07, 6.45) is 7.67. The molecular weight excluding hydrogens is 293 g/mol. The number of carbonyl (C=O) groups is 1. The lowest BCUT2D eigenvalue weighted by molar-refractivity contribution is 0.0924. The smallest absolute Gasteiger partial charge is 0.256 e. The molecule has 1 aromatic heterocycles. The van der Waals surface area contributed by atoms with E-state index < -0.39 is 5.54 Å². The van der Waals surface area contributed by atoms with Crippen LogP contribution in [-0.2, 0) is 0 Å². The highest BCUT2D eigenvalue weighted by Crippen LogP contribution is 2.20. The molecule has 0 aliphatic heterocycles. The van der Waals surface area contributed by atoms with E-state index in [1.54, 1.807) is 37.4 Å². The summed E-state index contributed by atoms with van der Waals surface area (Å²) in [5.74, 6) is 2.33. The topological polar surface area (TPSA) is 54.0 Å². The van der Waals surface area contributed by atoms with Gasteiger partial charge in [-0.25, -0.2) is 9.37 Å².